The summed E-state index contributed by atoms with van der Waals surface area (Å²) in [6.07, 6.45) is 5.38. The lowest BCUT2D eigenvalue weighted by atomic mass is 10.1. The summed E-state index contributed by atoms with van der Waals surface area (Å²) in [7, 11) is 0. The minimum absolute atomic E-state index is 0.0898. The summed E-state index contributed by atoms with van der Waals surface area (Å²) in [5.74, 6) is 0.846. The summed E-state index contributed by atoms with van der Waals surface area (Å²) in [6.45, 7) is 7.29. The van der Waals surface area contributed by atoms with E-state index < -0.39 is 0 Å². The van der Waals surface area contributed by atoms with Crippen LogP contribution in [0, 0.1) is 0 Å². The number of nitrogens with one attached hydrogen (secondary N) is 1. The average molecular weight is 220 g/mol. The van der Waals surface area contributed by atoms with Crippen LogP contribution in [-0.4, -0.2) is 36.5 Å². The van der Waals surface area contributed by atoms with Crippen LogP contribution in [-0.2, 0) is 9.53 Å². The molecule has 2 heterocycles. The number of fused-ring (bicyclic) bond motifs is 1. The molecular weight excluding hydrogens is 204 g/mol. The zero-order valence-corrected chi connectivity index (χ0v) is 9.40. The molecule has 2 aliphatic rings. The number of hydrogen-bond donors (Lipinski definition) is 1. The van der Waals surface area contributed by atoms with Gasteiger partial charge in [0, 0.05) is 6.54 Å². The fourth-order valence-electron chi connectivity index (χ4n) is 2.07. The van der Waals surface area contributed by atoms with Crippen molar-refractivity contribution in [3.63, 3.8) is 0 Å². The van der Waals surface area contributed by atoms with Crippen LogP contribution in [0.5, 0.6) is 0 Å². The van der Waals surface area contributed by atoms with Crippen molar-refractivity contribution in [2.75, 3.05) is 19.7 Å². The van der Waals surface area contributed by atoms with Crippen LogP contribution in [0.15, 0.2) is 36.3 Å². The van der Waals surface area contributed by atoms with E-state index in [1.165, 1.54) is 0 Å². The molecule has 1 atom stereocenters. The van der Waals surface area contributed by atoms with E-state index in [2.05, 4.69) is 11.9 Å². The summed E-state index contributed by atoms with van der Waals surface area (Å²) in [5, 5.41) is 3.09. The van der Waals surface area contributed by atoms with Crippen molar-refractivity contribution in [2.24, 2.45) is 0 Å². The fourth-order valence-corrected chi connectivity index (χ4v) is 2.07. The fraction of sp³-hybridized carbons (Fsp3) is 0.417. The van der Waals surface area contributed by atoms with Crippen LogP contribution in [0.3, 0.4) is 0 Å². The molecule has 2 aliphatic heterocycles. The molecular formula is C12H16N2O2. The molecule has 0 spiro atoms. The molecule has 4 heteroatoms. The van der Waals surface area contributed by atoms with Gasteiger partial charge in [0.1, 0.15) is 12.4 Å². The zero-order chi connectivity index (χ0) is 11.5. The van der Waals surface area contributed by atoms with E-state index >= 15 is 0 Å². The molecule has 0 radical (unpaired) electrons. The van der Waals surface area contributed by atoms with E-state index in [1.807, 2.05) is 24.0 Å². The Labute approximate surface area is 95.3 Å². The van der Waals surface area contributed by atoms with Crippen LogP contribution in [0.4, 0.5) is 0 Å². The van der Waals surface area contributed by atoms with Crippen LogP contribution >= 0.6 is 0 Å². The highest BCUT2D eigenvalue weighted by Gasteiger charge is 2.36. The highest BCUT2D eigenvalue weighted by molar-refractivity contribution is 5.82. The highest BCUT2D eigenvalue weighted by atomic mass is 16.5. The summed E-state index contributed by atoms with van der Waals surface area (Å²) >= 11 is 0. The Bertz CT molecular complexity index is 371. The van der Waals surface area contributed by atoms with Gasteiger partial charge >= 0.3 is 0 Å². The van der Waals surface area contributed by atoms with E-state index in [0.717, 1.165) is 18.0 Å². The first-order valence-electron chi connectivity index (χ1n) is 5.43. The Kier molecular flexibility index (Phi) is 3.10. The van der Waals surface area contributed by atoms with E-state index in [0.29, 0.717) is 13.2 Å². The molecule has 0 aromatic carbocycles. The molecule has 0 bridgehead atoms. The molecule has 16 heavy (non-hydrogen) atoms. The lowest BCUT2D eigenvalue weighted by Gasteiger charge is -2.41. The van der Waals surface area contributed by atoms with E-state index in [9.17, 15) is 4.79 Å². The second kappa shape index (κ2) is 4.53. The highest BCUT2D eigenvalue weighted by Crippen LogP contribution is 2.27. The quantitative estimate of drug-likeness (QED) is 0.710. The van der Waals surface area contributed by atoms with Gasteiger partial charge in [-0.3, -0.25) is 4.79 Å². The standard InChI is InChI=1S/C12H16N2O2/c1-3-5-10-11(4-2)16-8-9-6-13-7-12(15)14(9)10/h3-5,9,13H,1,6-8H2,2H3/b10-5+,11-4+. The number of allylic oxidation sites excluding steroid dienone is 3. The third-order valence-corrected chi connectivity index (χ3v) is 2.77. The van der Waals surface area contributed by atoms with Gasteiger partial charge in [-0.15, -0.1) is 0 Å². The first-order chi connectivity index (χ1) is 7.77. The average Bonchev–Trinajstić information content (AvgIpc) is 2.30. The molecule has 1 unspecified atom stereocenters. The summed E-state index contributed by atoms with van der Waals surface area (Å²) in [5.41, 5.74) is 0.820. The topological polar surface area (TPSA) is 41.6 Å². The lowest BCUT2D eigenvalue weighted by Crippen LogP contribution is -2.58. The SMILES string of the molecule is C=C/C=C1\C(=C/C)OCC2CNCC(=O)N12. The van der Waals surface area contributed by atoms with Crippen LogP contribution in [0.1, 0.15) is 6.92 Å². The molecule has 2 rings (SSSR count). The number of piperazine rings is 1. The number of carbonyl (C=O) groups is 1. The molecule has 1 N–H and O–H groups in total. The molecule has 86 valence electrons. The maximum Gasteiger partial charge on any atom is 0.241 e. The third kappa shape index (κ3) is 1.76. The van der Waals surface area contributed by atoms with E-state index in [1.54, 1.807) is 6.08 Å². The van der Waals surface area contributed by atoms with Gasteiger partial charge in [0.05, 0.1) is 18.3 Å². The third-order valence-electron chi connectivity index (χ3n) is 2.77. The maximum atomic E-state index is 11.9. The predicted octanol–water partition coefficient (Wildman–Crippen LogP) is 0.791. The van der Waals surface area contributed by atoms with Crippen molar-refractivity contribution in [1.82, 2.24) is 10.2 Å². The Hall–Kier alpha value is -1.55. The number of amides is 1. The van der Waals surface area contributed by atoms with Crippen molar-refractivity contribution in [3.8, 4) is 0 Å². The summed E-state index contributed by atoms with van der Waals surface area (Å²) in [4.78, 5) is 13.7. The van der Waals surface area contributed by atoms with Crippen LogP contribution < -0.4 is 5.32 Å². The summed E-state index contributed by atoms with van der Waals surface area (Å²) < 4.78 is 5.62. The second-order valence-corrected chi connectivity index (χ2v) is 3.80. The van der Waals surface area contributed by atoms with Crippen molar-refractivity contribution < 1.29 is 9.53 Å². The largest absolute Gasteiger partial charge is 0.490 e. The normalized spacial score (nSPS) is 30.2. The Balaban J connectivity index is 2.36. The molecule has 2 saturated heterocycles. The van der Waals surface area contributed by atoms with Crippen molar-refractivity contribution in [2.45, 2.75) is 13.0 Å². The Morgan fingerprint density at radius 3 is 3.12 bits per heavy atom. The number of rotatable bonds is 1. The molecule has 0 aromatic heterocycles. The van der Waals surface area contributed by atoms with Crippen molar-refractivity contribution in [1.29, 1.82) is 0 Å². The number of morpholine rings is 1. The molecule has 0 saturated carbocycles. The number of nitrogens with zero attached hydrogens (tertiary/aromatic N) is 1. The van der Waals surface area contributed by atoms with Gasteiger partial charge in [0.25, 0.3) is 0 Å². The maximum absolute atomic E-state index is 11.9. The summed E-state index contributed by atoms with van der Waals surface area (Å²) in [6, 6.07) is 0.0937. The predicted molar refractivity (Wildman–Crippen MR) is 61.5 cm³/mol. The van der Waals surface area contributed by atoms with Gasteiger partial charge in [-0.25, -0.2) is 0 Å². The van der Waals surface area contributed by atoms with Crippen molar-refractivity contribution >= 4 is 5.91 Å². The van der Waals surface area contributed by atoms with Gasteiger partial charge < -0.3 is 15.0 Å². The molecule has 1 amide bonds. The van der Waals surface area contributed by atoms with Gasteiger partial charge in [0.15, 0.2) is 0 Å². The molecule has 0 aromatic rings. The molecule has 0 aliphatic carbocycles. The number of ether oxygens (including phenoxy) is 1. The van der Waals surface area contributed by atoms with Crippen LogP contribution in [0.25, 0.3) is 0 Å². The van der Waals surface area contributed by atoms with E-state index in [-0.39, 0.29) is 11.9 Å². The van der Waals surface area contributed by atoms with Gasteiger partial charge in [-0.05, 0) is 19.1 Å². The minimum atomic E-state index is 0.0898. The Morgan fingerprint density at radius 1 is 1.62 bits per heavy atom. The van der Waals surface area contributed by atoms with Gasteiger partial charge in [-0.1, -0.05) is 12.7 Å². The first-order valence-corrected chi connectivity index (χ1v) is 5.43. The Morgan fingerprint density at radius 2 is 2.44 bits per heavy atom. The number of hydrogen-bond acceptors (Lipinski definition) is 3. The van der Waals surface area contributed by atoms with Gasteiger partial charge in [-0.2, -0.15) is 0 Å². The van der Waals surface area contributed by atoms with E-state index in [4.69, 9.17) is 4.74 Å². The minimum Gasteiger partial charge on any atom is -0.490 e. The molecule has 4 nitrogen and oxygen atoms in total. The number of carbonyl (C=O) groups excluding carboxylic acids is 1. The van der Waals surface area contributed by atoms with Crippen LogP contribution in [0.2, 0.25) is 0 Å². The van der Waals surface area contributed by atoms with Gasteiger partial charge in [0.2, 0.25) is 5.91 Å². The van der Waals surface area contributed by atoms with Crippen molar-refractivity contribution in [3.05, 3.63) is 36.3 Å². The molecule has 2 fully saturated rings. The smallest absolute Gasteiger partial charge is 0.241 e. The monoisotopic (exact) mass is 220 g/mol. The second-order valence-electron chi connectivity index (χ2n) is 3.80. The first kappa shape index (κ1) is 11.0. The lowest BCUT2D eigenvalue weighted by molar-refractivity contribution is -0.135. The zero-order valence-electron chi connectivity index (χ0n) is 9.40.